The van der Waals surface area contributed by atoms with Gasteiger partial charge in [0.05, 0.1) is 6.61 Å². The van der Waals surface area contributed by atoms with Crippen LogP contribution in [0.15, 0.2) is 30.3 Å². The summed E-state index contributed by atoms with van der Waals surface area (Å²) in [5, 5.41) is 0. The van der Waals surface area contributed by atoms with Crippen molar-refractivity contribution in [3.8, 4) is 5.75 Å². The summed E-state index contributed by atoms with van der Waals surface area (Å²) in [6, 6.07) is 9.09. The minimum absolute atomic E-state index is 0.187. The van der Waals surface area contributed by atoms with E-state index in [2.05, 4.69) is 6.92 Å². The van der Waals surface area contributed by atoms with Gasteiger partial charge in [0.25, 0.3) is 0 Å². The Kier molecular flexibility index (Phi) is 11.8. The molecule has 1 aromatic carbocycles. The number of phosphoric acid groups is 1. The highest BCUT2D eigenvalue weighted by molar-refractivity contribution is 7.47. The molecule has 0 aliphatic rings. The molecule has 25 heavy (non-hydrogen) atoms. The summed E-state index contributed by atoms with van der Waals surface area (Å²) in [5.74, 6) is 0.602. The van der Waals surface area contributed by atoms with Crippen molar-refractivity contribution in [1.82, 2.24) is 0 Å². The van der Waals surface area contributed by atoms with Crippen molar-refractivity contribution in [2.75, 3.05) is 19.8 Å². The van der Waals surface area contributed by atoms with Gasteiger partial charge in [-0.05, 0) is 25.5 Å². The van der Waals surface area contributed by atoms with Crippen LogP contribution in [0.1, 0.15) is 52.4 Å². The second-order valence-electron chi connectivity index (χ2n) is 5.68. The fraction of sp³-hybridized carbons (Fsp3) is 0.667. The van der Waals surface area contributed by atoms with Gasteiger partial charge in [0.2, 0.25) is 6.29 Å². The topological polar surface area (TPSA) is 74.2 Å². The zero-order valence-electron chi connectivity index (χ0n) is 15.3. The summed E-state index contributed by atoms with van der Waals surface area (Å²) in [5.41, 5.74) is 0. The first-order valence-electron chi connectivity index (χ1n) is 9.02. The molecule has 2 unspecified atom stereocenters. The minimum Gasteiger partial charge on any atom is -0.462 e. The molecule has 1 N–H and O–H groups in total. The smallest absolute Gasteiger partial charge is 0.462 e. The Hall–Kier alpha value is -0.910. The highest BCUT2D eigenvalue weighted by Gasteiger charge is 2.24. The highest BCUT2D eigenvalue weighted by Crippen LogP contribution is 2.43. The van der Waals surface area contributed by atoms with E-state index in [1.807, 2.05) is 25.1 Å². The lowest BCUT2D eigenvalue weighted by Crippen LogP contribution is -2.26. The molecule has 0 fully saturated rings. The van der Waals surface area contributed by atoms with E-state index >= 15 is 0 Å². The molecule has 0 heterocycles. The van der Waals surface area contributed by atoms with Gasteiger partial charge in [-0.2, -0.15) is 0 Å². The average molecular weight is 374 g/mol. The van der Waals surface area contributed by atoms with Crippen molar-refractivity contribution >= 4 is 7.82 Å². The summed E-state index contributed by atoms with van der Waals surface area (Å²) >= 11 is 0. The molecule has 0 aliphatic heterocycles. The van der Waals surface area contributed by atoms with Crippen LogP contribution in [-0.2, 0) is 18.3 Å². The van der Waals surface area contributed by atoms with E-state index in [1.165, 1.54) is 19.3 Å². The van der Waals surface area contributed by atoms with Crippen LogP contribution in [0.5, 0.6) is 5.75 Å². The number of ether oxygens (including phenoxy) is 2. The Labute approximate surface area is 151 Å². The Morgan fingerprint density at radius 1 is 1.00 bits per heavy atom. The van der Waals surface area contributed by atoms with Gasteiger partial charge in [0.15, 0.2) is 0 Å². The van der Waals surface area contributed by atoms with Crippen LogP contribution in [0.4, 0.5) is 0 Å². The lowest BCUT2D eigenvalue weighted by molar-refractivity contribution is -0.102. The molecule has 0 amide bonds. The number of benzene rings is 1. The third-order valence-corrected chi connectivity index (χ3v) is 4.47. The van der Waals surface area contributed by atoms with Crippen molar-refractivity contribution < 1.29 is 28.0 Å². The van der Waals surface area contributed by atoms with Crippen molar-refractivity contribution in [2.24, 2.45) is 0 Å². The van der Waals surface area contributed by atoms with Crippen molar-refractivity contribution in [2.45, 2.75) is 58.7 Å². The number of phosphoric ester groups is 1. The predicted molar refractivity (Wildman–Crippen MR) is 97.6 cm³/mol. The van der Waals surface area contributed by atoms with Crippen molar-refractivity contribution in [1.29, 1.82) is 0 Å². The number of para-hydroxylation sites is 1. The van der Waals surface area contributed by atoms with E-state index in [-0.39, 0.29) is 13.2 Å². The Balaban J connectivity index is 2.27. The maximum atomic E-state index is 11.9. The number of hydrogen-bond donors (Lipinski definition) is 1. The molecular weight excluding hydrogens is 343 g/mol. The largest absolute Gasteiger partial charge is 0.472 e. The predicted octanol–water partition coefficient (Wildman–Crippen LogP) is 4.92. The van der Waals surface area contributed by atoms with Gasteiger partial charge >= 0.3 is 7.82 Å². The fourth-order valence-corrected chi connectivity index (χ4v) is 2.95. The van der Waals surface area contributed by atoms with E-state index in [0.29, 0.717) is 12.4 Å². The first kappa shape index (κ1) is 22.1. The summed E-state index contributed by atoms with van der Waals surface area (Å²) in [6.07, 6.45) is 5.68. The second-order valence-corrected chi connectivity index (χ2v) is 7.13. The van der Waals surface area contributed by atoms with Gasteiger partial charge in [-0.15, -0.1) is 0 Å². The van der Waals surface area contributed by atoms with Gasteiger partial charge in [-0.1, -0.05) is 57.2 Å². The summed E-state index contributed by atoms with van der Waals surface area (Å²) < 4.78 is 32.9. The maximum Gasteiger partial charge on any atom is 0.472 e. The van der Waals surface area contributed by atoms with E-state index in [0.717, 1.165) is 19.3 Å². The lowest BCUT2D eigenvalue weighted by atomic mass is 10.1. The minimum atomic E-state index is -4.10. The van der Waals surface area contributed by atoms with Crippen LogP contribution in [0, 0.1) is 0 Å². The van der Waals surface area contributed by atoms with Crippen molar-refractivity contribution in [3.05, 3.63) is 30.3 Å². The fourth-order valence-electron chi connectivity index (χ4n) is 2.21. The van der Waals surface area contributed by atoms with E-state index in [4.69, 9.17) is 18.5 Å². The molecule has 0 aromatic heterocycles. The normalized spacial score (nSPS) is 14.8. The van der Waals surface area contributed by atoms with Crippen LogP contribution in [0.25, 0.3) is 0 Å². The molecule has 0 aliphatic carbocycles. The monoisotopic (exact) mass is 374 g/mol. The van der Waals surface area contributed by atoms with Crippen LogP contribution in [0.3, 0.4) is 0 Å². The van der Waals surface area contributed by atoms with Gasteiger partial charge in [0.1, 0.15) is 12.4 Å². The van der Waals surface area contributed by atoms with Crippen LogP contribution in [-0.4, -0.2) is 31.0 Å². The van der Waals surface area contributed by atoms with Gasteiger partial charge < -0.3 is 14.4 Å². The van der Waals surface area contributed by atoms with Crippen LogP contribution >= 0.6 is 7.82 Å². The zero-order chi connectivity index (χ0) is 18.4. The number of hydrogen-bond acceptors (Lipinski definition) is 5. The van der Waals surface area contributed by atoms with Gasteiger partial charge in [-0.3, -0.25) is 9.05 Å². The first-order chi connectivity index (χ1) is 12.1. The Morgan fingerprint density at radius 3 is 2.36 bits per heavy atom. The van der Waals surface area contributed by atoms with Gasteiger partial charge in [0, 0.05) is 6.61 Å². The maximum absolute atomic E-state index is 11.9. The van der Waals surface area contributed by atoms with E-state index in [9.17, 15) is 9.46 Å². The standard InChI is InChI=1S/C18H31O6P/c1-3-5-6-7-8-12-15-22-25(19,20)23-16-18(21-4-2)24-17-13-10-9-11-14-17/h9-11,13-14,18H,3-8,12,15-16H2,1-2H3,(H,19,20). The SMILES string of the molecule is CCCCCCCCOP(=O)(O)OCC(OCC)Oc1ccccc1. The molecule has 2 atom stereocenters. The quantitative estimate of drug-likeness (QED) is 0.267. The molecule has 0 radical (unpaired) electrons. The van der Waals surface area contributed by atoms with Crippen LogP contribution in [0.2, 0.25) is 0 Å². The summed E-state index contributed by atoms with van der Waals surface area (Å²) in [7, 11) is -4.10. The summed E-state index contributed by atoms with van der Waals surface area (Å²) in [4.78, 5) is 9.74. The van der Waals surface area contributed by atoms with Gasteiger partial charge in [-0.25, -0.2) is 4.57 Å². The lowest BCUT2D eigenvalue weighted by Gasteiger charge is -2.20. The third-order valence-electron chi connectivity index (χ3n) is 3.49. The third kappa shape index (κ3) is 11.3. The van der Waals surface area contributed by atoms with E-state index in [1.54, 1.807) is 12.1 Å². The van der Waals surface area contributed by atoms with Crippen molar-refractivity contribution in [3.63, 3.8) is 0 Å². The Morgan fingerprint density at radius 2 is 1.68 bits per heavy atom. The first-order valence-corrected chi connectivity index (χ1v) is 10.5. The Bertz CT molecular complexity index is 482. The molecule has 0 bridgehead atoms. The molecule has 7 heteroatoms. The number of unbranched alkanes of at least 4 members (excludes halogenated alkanes) is 5. The van der Waals surface area contributed by atoms with E-state index < -0.39 is 14.1 Å². The molecule has 1 rings (SSSR count). The molecule has 1 aromatic rings. The average Bonchev–Trinajstić information content (AvgIpc) is 2.60. The molecule has 144 valence electrons. The van der Waals surface area contributed by atoms with Crippen LogP contribution < -0.4 is 4.74 Å². The molecule has 6 nitrogen and oxygen atoms in total. The summed E-state index contributed by atoms with van der Waals surface area (Å²) in [6.45, 7) is 4.40. The highest BCUT2D eigenvalue weighted by atomic mass is 31.2. The molecule has 0 saturated heterocycles. The molecule has 0 spiro atoms. The number of rotatable bonds is 15. The second kappa shape index (κ2) is 13.3. The molecular formula is C18H31O6P. The molecule has 0 saturated carbocycles. The zero-order valence-corrected chi connectivity index (χ0v) is 16.2.